The second-order valence-electron chi connectivity index (χ2n) is 7.25. The zero-order valence-corrected chi connectivity index (χ0v) is 17.2. The summed E-state index contributed by atoms with van der Waals surface area (Å²) in [6.45, 7) is 3.34. The lowest BCUT2D eigenvalue weighted by atomic mass is 10.0. The first-order chi connectivity index (χ1) is 12.5. The highest BCUT2D eigenvalue weighted by Crippen LogP contribution is 2.29. The van der Waals surface area contributed by atoms with Gasteiger partial charge >= 0.3 is 0 Å². The fraction of sp³-hybridized carbons (Fsp3) is 0.368. The Hall–Kier alpha value is -1.90. The summed E-state index contributed by atoms with van der Waals surface area (Å²) in [5, 5.41) is -0.448. The maximum atomic E-state index is 12.1. The van der Waals surface area contributed by atoms with E-state index in [2.05, 4.69) is 15.5 Å². The number of benzene rings is 2. The molecule has 3 rings (SSSR count). The van der Waals surface area contributed by atoms with Crippen molar-refractivity contribution in [3.63, 3.8) is 0 Å². The maximum Gasteiger partial charge on any atom is 0.229 e. The zero-order valence-electron chi connectivity index (χ0n) is 15.6. The molecule has 0 amide bonds. The summed E-state index contributed by atoms with van der Waals surface area (Å²) in [7, 11) is -6.58. The van der Waals surface area contributed by atoms with Gasteiger partial charge in [0, 0.05) is 11.7 Å². The Morgan fingerprint density at radius 3 is 2.07 bits per heavy atom. The summed E-state index contributed by atoms with van der Waals surface area (Å²) in [6, 6.07) is 13.2. The van der Waals surface area contributed by atoms with Gasteiger partial charge in [-0.2, -0.15) is 0 Å². The molecule has 0 radical (unpaired) electrons. The van der Waals surface area contributed by atoms with E-state index in [0.29, 0.717) is 18.5 Å². The van der Waals surface area contributed by atoms with Gasteiger partial charge in [0.2, 0.25) is 20.0 Å². The van der Waals surface area contributed by atoms with Gasteiger partial charge in [-0.15, -0.1) is 0 Å². The van der Waals surface area contributed by atoms with Crippen LogP contribution in [0.4, 0.5) is 5.69 Å². The number of rotatable bonds is 6. The molecule has 2 aromatic carbocycles. The van der Waals surface area contributed by atoms with E-state index in [4.69, 9.17) is 0 Å². The molecule has 0 saturated heterocycles. The highest BCUT2D eigenvalue weighted by atomic mass is 32.2. The zero-order chi connectivity index (χ0) is 19.8. The largest absolute Gasteiger partial charge is 0.284 e. The van der Waals surface area contributed by atoms with E-state index in [9.17, 15) is 16.8 Å². The second kappa shape index (κ2) is 7.26. The van der Waals surface area contributed by atoms with Crippen LogP contribution in [0.3, 0.4) is 0 Å². The molecular weight excluding hydrogens is 384 g/mol. The Balaban J connectivity index is 1.76. The fourth-order valence-corrected chi connectivity index (χ4v) is 4.66. The van der Waals surface area contributed by atoms with Crippen LogP contribution in [-0.4, -0.2) is 34.4 Å². The molecular formula is C19H24N2O4S2. The molecule has 1 aliphatic rings. The molecule has 6 nitrogen and oxygen atoms in total. The third-order valence-electron chi connectivity index (χ3n) is 4.61. The smallest absolute Gasteiger partial charge is 0.229 e. The van der Waals surface area contributed by atoms with Crippen molar-refractivity contribution in [2.75, 3.05) is 11.0 Å². The van der Waals surface area contributed by atoms with Gasteiger partial charge in [-0.3, -0.25) is 4.72 Å². The molecule has 0 heterocycles. The number of hydrogen-bond acceptors (Lipinski definition) is 4. The monoisotopic (exact) mass is 408 g/mol. The van der Waals surface area contributed by atoms with Gasteiger partial charge in [-0.1, -0.05) is 30.3 Å². The SMILES string of the molecule is CC(C)S(=O)(=O)NC1Cc2ccc(-c3ccc(NS(C)(=O)=O)cc3)cc2C1. The number of anilines is 1. The Morgan fingerprint density at radius 1 is 0.889 bits per heavy atom. The van der Waals surface area contributed by atoms with Gasteiger partial charge in [0.1, 0.15) is 0 Å². The molecule has 146 valence electrons. The Morgan fingerprint density at radius 2 is 1.48 bits per heavy atom. The van der Waals surface area contributed by atoms with Gasteiger partial charge in [0.15, 0.2) is 0 Å². The first kappa shape index (κ1) is 19.9. The van der Waals surface area contributed by atoms with Crippen LogP contribution in [0.25, 0.3) is 11.1 Å². The molecule has 1 aliphatic carbocycles. The van der Waals surface area contributed by atoms with Crippen LogP contribution in [0.5, 0.6) is 0 Å². The molecule has 2 N–H and O–H groups in total. The summed E-state index contributed by atoms with van der Waals surface area (Å²) in [6.07, 6.45) is 2.48. The van der Waals surface area contributed by atoms with E-state index in [0.717, 1.165) is 28.5 Å². The summed E-state index contributed by atoms with van der Waals surface area (Å²) >= 11 is 0. The number of hydrogen-bond donors (Lipinski definition) is 2. The van der Waals surface area contributed by atoms with Crippen molar-refractivity contribution < 1.29 is 16.8 Å². The summed E-state index contributed by atoms with van der Waals surface area (Å²) < 4.78 is 52.0. The van der Waals surface area contributed by atoms with E-state index >= 15 is 0 Å². The molecule has 0 fully saturated rings. The van der Waals surface area contributed by atoms with Gasteiger partial charge in [0.05, 0.1) is 11.5 Å². The van der Waals surface area contributed by atoms with Crippen LogP contribution in [0.2, 0.25) is 0 Å². The van der Waals surface area contributed by atoms with Crippen LogP contribution in [0.1, 0.15) is 25.0 Å². The molecule has 2 aromatic rings. The normalized spacial score (nSPS) is 17.1. The first-order valence-electron chi connectivity index (χ1n) is 8.75. The van der Waals surface area contributed by atoms with Gasteiger partial charge in [0.25, 0.3) is 0 Å². The van der Waals surface area contributed by atoms with Crippen molar-refractivity contribution >= 4 is 25.7 Å². The van der Waals surface area contributed by atoms with Crippen molar-refractivity contribution in [3.8, 4) is 11.1 Å². The Labute approximate surface area is 161 Å². The molecule has 0 spiro atoms. The van der Waals surface area contributed by atoms with Crippen molar-refractivity contribution in [1.82, 2.24) is 4.72 Å². The summed E-state index contributed by atoms with van der Waals surface area (Å²) in [4.78, 5) is 0. The first-order valence-corrected chi connectivity index (χ1v) is 12.2. The van der Waals surface area contributed by atoms with E-state index < -0.39 is 25.3 Å². The van der Waals surface area contributed by atoms with E-state index in [1.807, 2.05) is 24.3 Å². The van der Waals surface area contributed by atoms with Gasteiger partial charge in [-0.25, -0.2) is 21.6 Å². The van der Waals surface area contributed by atoms with Crippen molar-refractivity contribution in [2.45, 2.75) is 38.0 Å². The maximum absolute atomic E-state index is 12.1. The van der Waals surface area contributed by atoms with Crippen molar-refractivity contribution in [1.29, 1.82) is 0 Å². The quantitative estimate of drug-likeness (QED) is 0.768. The van der Waals surface area contributed by atoms with Crippen LogP contribution >= 0.6 is 0 Å². The topological polar surface area (TPSA) is 92.3 Å². The summed E-state index contributed by atoms with van der Waals surface area (Å²) in [5.41, 5.74) is 4.81. The number of sulfonamides is 2. The van der Waals surface area contributed by atoms with Crippen molar-refractivity contribution in [2.24, 2.45) is 0 Å². The van der Waals surface area contributed by atoms with E-state index in [1.54, 1.807) is 26.0 Å². The van der Waals surface area contributed by atoms with E-state index in [-0.39, 0.29) is 6.04 Å². The summed E-state index contributed by atoms with van der Waals surface area (Å²) in [5.74, 6) is 0. The fourth-order valence-electron chi connectivity index (χ4n) is 3.19. The van der Waals surface area contributed by atoms with E-state index in [1.165, 1.54) is 0 Å². The number of fused-ring (bicyclic) bond motifs is 1. The van der Waals surface area contributed by atoms with Crippen LogP contribution in [0.15, 0.2) is 42.5 Å². The van der Waals surface area contributed by atoms with Gasteiger partial charge in [-0.05, 0) is 61.1 Å². The lowest BCUT2D eigenvalue weighted by Gasteiger charge is -2.14. The standard InChI is InChI=1S/C19H24N2O4S2/c1-13(2)27(24,25)21-19-11-16-5-4-15(10-17(16)12-19)14-6-8-18(9-7-14)20-26(3,22)23/h4-10,13,19-21H,11-12H2,1-3H3. The van der Waals surface area contributed by atoms with Gasteiger partial charge < -0.3 is 0 Å². The Kier molecular flexibility index (Phi) is 5.33. The molecule has 8 heteroatoms. The average Bonchev–Trinajstić information content (AvgIpc) is 2.94. The number of nitrogens with one attached hydrogen (secondary N) is 2. The molecule has 0 bridgehead atoms. The highest BCUT2D eigenvalue weighted by Gasteiger charge is 2.27. The molecule has 1 atom stereocenters. The average molecular weight is 409 g/mol. The lowest BCUT2D eigenvalue weighted by Crippen LogP contribution is -2.39. The lowest BCUT2D eigenvalue weighted by molar-refractivity contribution is 0.547. The molecule has 27 heavy (non-hydrogen) atoms. The third kappa shape index (κ3) is 4.88. The van der Waals surface area contributed by atoms with Crippen molar-refractivity contribution in [3.05, 3.63) is 53.6 Å². The third-order valence-corrected chi connectivity index (χ3v) is 7.12. The predicted molar refractivity (Wildman–Crippen MR) is 109 cm³/mol. The molecule has 1 unspecified atom stereocenters. The molecule has 0 saturated carbocycles. The second-order valence-corrected chi connectivity index (χ2v) is 11.3. The van der Waals surface area contributed by atoms with Crippen LogP contribution in [0, 0.1) is 0 Å². The molecule has 0 aromatic heterocycles. The van der Waals surface area contributed by atoms with Crippen LogP contribution in [-0.2, 0) is 32.9 Å². The van der Waals surface area contributed by atoms with Crippen LogP contribution < -0.4 is 9.44 Å². The minimum atomic E-state index is -3.30. The minimum Gasteiger partial charge on any atom is -0.284 e. The predicted octanol–water partition coefficient (Wildman–Crippen LogP) is 2.52. The minimum absolute atomic E-state index is 0.107. The molecule has 0 aliphatic heterocycles. The Bertz CT molecular complexity index is 1040. The highest BCUT2D eigenvalue weighted by molar-refractivity contribution is 7.92.